The number of carbonyl (C=O) groups is 1. The van der Waals surface area contributed by atoms with Crippen molar-refractivity contribution < 1.29 is 9.18 Å². The van der Waals surface area contributed by atoms with E-state index in [-0.39, 0.29) is 10.7 Å². The van der Waals surface area contributed by atoms with Gasteiger partial charge < -0.3 is 5.32 Å². The van der Waals surface area contributed by atoms with Crippen LogP contribution in [0.3, 0.4) is 0 Å². The largest absolute Gasteiger partial charge is 0.320 e. The summed E-state index contributed by atoms with van der Waals surface area (Å²) in [6.45, 7) is 0. The zero-order valence-corrected chi connectivity index (χ0v) is 10.9. The fourth-order valence-electron chi connectivity index (χ4n) is 1.47. The van der Waals surface area contributed by atoms with Crippen molar-refractivity contribution in [2.24, 2.45) is 7.05 Å². The zero-order valence-electron chi connectivity index (χ0n) is 10.1. The highest BCUT2D eigenvalue weighted by atomic mass is 35.5. The zero-order chi connectivity index (χ0) is 13.8. The van der Waals surface area contributed by atoms with E-state index >= 15 is 0 Å². The Hall–Kier alpha value is -2.14. The number of nitrogens with zero attached hydrogens (tertiary/aromatic N) is 2. The monoisotopic (exact) mass is 279 g/mol. The number of carbonyl (C=O) groups excluding carboxylic acids is 1. The van der Waals surface area contributed by atoms with E-state index in [1.165, 1.54) is 18.2 Å². The molecule has 0 radical (unpaired) electrons. The van der Waals surface area contributed by atoms with Crippen LogP contribution in [0.25, 0.3) is 6.08 Å². The molecule has 4 nitrogen and oxygen atoms in total. The van der Waals surface area contributed by atoms with Crippen LogP contribution in [0.5, 0.6) is 0 Å². The van der Waals surface area contributed by atoms with Crippen LogP contribution >= 0.6 is 11.6 Å². The van der Waals surface area contributed by atoms with Crippen molar-refractivity contribution >= 4 is 29.3 Å². The standard InChI is InChI=1S/C13H11ClFN3O/c1-18-8-9(7-16-18)5-6-12(19)17-11-4-2-3-10(14)13(11)15/h2-8H,1H3,(H,17,19)/b6-5+. The van der Waals surface area contributed by atoms with Crippen LogP contribution in [-0.2, 0) is 11.8 Å². The number of rotatable bonds is 3. The lowest BCUT2D eigenvalue weighted by Crippen LogP contribution is -2.09. The number of amides is 1. The second kappa shape index (κ2) is 5.67. The van der Waals surface area contributed by atoms with Crippen molar-refractivity contribution in [1.82, 2.24) is 9.78 Å². The average Bonchev–Trinajstić information content (AvgIpc) is 2.78. The van der Waals surface area contributed by atoms with Crippen molar-refractivity contribution in [2.45, 2.75) is 0 Å². The minimum Gasteiger partial charge on any atom is -0.320 e. The van der Waals surface area contributed by atoms with Crippen LogP contribution in [-0.4, -0.2) is 15.7 Å². The van der Waals surface area contributed by atoms with Crippen LogP contribution < -0.4 is 5.32 Å². The van der Waals surface area contributed by atoms with Gasteiger partial charge in [0, 0.05) is 24.9 Å². The van der Waals surface area contributed by atoms with E-state index < -0.39 is 11.7 Å². The van der Waals surface area contributed by atoms with Crippen LogP contribution in [0.4, 0.5) is 10.1 Å². The molecular formula is C13H11ClFN3O. The predicted octanol–water partition coefficient (Wildman–Crippen LogP) is 2.86. The molecule has 0 spiro atoms. The van der Waals surface area contributed by atoms with Gasteiger partial charge in [-0.3, -0.25) is 9.48 Å². The smallest absolute Gasteiger partial charge is 0.248 e. The number of aromatic nitrogens is 2. The maximum absolute atomic E-state index is 13.5. The predicted molar refractivity (Wildman–Crippen MR) is 72.3 cm³/mol. The van der Waals surface area contributed by atoms with Crippen molar-refractivity contribution in [3.8, 4) is 0 Å². The summed E-state index contributed by atoms with van der Waals surface area (Å²) < 4.78 is 15.2. The molecule has 6 heteroatoms. The first kappa shape index (κ1) is 13.3. The van der Waals surface area contributed by atoms with Gasteiger partial charge in [-0.15, -0.1) is 0 Å². The number of hydrogen-bond acceptors (Lipinski definition) is 2. The molecule has 0 saturated carbocycles. The Morgan fingerprint density at radius 2 is 2.32 bits per heavy atom. The fraction of sp³-hybridized carbons (Fsp3) is 0.0769. The lowest BCUT2D eigenvalue weighted by Gasteiger charge is -2.04. The van der Waals surface area contributed by atoms with E-state index in [0.29, 0.717) is 0 Å². The molecule has 1 amide bonds. The maximum atomic E-state index is 13.5. The van der Waals surface area contributed by atoms with Gasteiger partial charge in [0.25, 0.3) is 0 Å². The molecule has 0 aliphatic rings. The molecular weight excluding hydrogens is 269 g/mol. The summed E-state index contributed by atoms with van der Waals surface area (Å²) in [6, 6.07) is 4.42. The third kappa shape index (κ3) is 3.42. The Kier molecular flexibility index (Phi) is 3.97. The number of halogens is 2. The van der Waals surface area contributed by atoms with Crippen molar-refractivity contribution in [2.75, 3.05) is 5.32 Å². The molecule has 0 aliphatic carbocycles. The Morgan fingerprint density at radius 3 is 3.00 bits per heavy atom. The summed E-state index contributed by atoms with van der Waals surface area (Å²) in [7, 11) is 1.78. The van der Waals surface area contributed by atoms with Crippen LogP contribution in [0.15, 0.2) is 36.7 Å². The molecule has 0 atom stereocenters. The van der Waals surface area contributed by atoms with Crippen molar-refractivity contribution in [3.05, 3.63) is 53.1 Å². The van der Waals surface area contributed by atoms with E-state index in [2.05, 4.69) is 10.4 Å². The van der Waals surface area contributed by atoms with E-state index in [9.17, 15) is 9.18 Å². The summed E-state index contributed by atoms with van der Waals surface area (Å²) in [5.41, 5.74) is 0.831. The summed E-state index contributed by atoms with van der Waals surface area (Å²) in [6.07, 6.45) is 6.26. The SMILES string of the molecule is Cn1cc(/C=C/C(=O)Nc2cccc(Cl)c2F)cn1. The summed E-state index contributed by atoms with van der Waals surface area (Å²) >= 11 is 5.62. The summed E-state index contributed by atoms with van der Waals surface area (Å²) in [5, 5.41) is 6.34. The van der Waals surface area contributed by atoms with Gasteiger partial charge in [0.05, 0.1) is 16.9 Å². The van der Waals surface area contributed by atoms with Crippen molar-refractivity contribution in [3.63, 3.8) is 0 Å². The molecule has 0 unspecified atom stereocenters. The van der Waals surface area contributed by atoms with Gasteiger partial charge in [-0.2, -0.15) is 5.10 Å². The quantitative estimate of drug-likeness (QED) is 0.878. The molecule has 98 valence electrons. The van der Waals surface area contributed by atoms with E-state index in [1.54, 1.807) is 36.3 Å². The summed E-state index contributed by atoms with van der Waals surface area (Å²) in [5.74, 6) is -1.09. The molecule has 0 bridgehead atoms. The van der Waals surface area contributed by atoms with E-state index in [0.717, 1.165) is 5.56 Å². The molecule has 1 N–H and O–H groups in total. The van der Waals surface area contributed by atoms with Gasteiger partial charge in [0.1, 0.15) is 0 Å². The van der Waals surface area contributed by atoms with Crippen LogP contribution in [0.1, 0.15) is 5.56 Å². The van der Waals surface area contributed by atoms with Crippen molar-refractivity contribution in [1.29, 1.82) is 0 Å². The first-order valence-corrected chi connectivity index (χ1v) is 5.86. The number of nitrogens with one attached hydrogen (secondary N) is 1. The number of anilines is 1. The number of benzene rings is 1. The van der Waals surface area contributed by atoms with Crippen LogP contribution in [0.2, 0.25) is 5.02 Å². The number of aryl methyl sites for hydroxylation is 1. The molecule has 1 aromatic carbocycles. The van der Waals surface area contributed by atoms with E-state index in [1.807, 2.05) is 0 Å². The molecule has 1 heterocycles. The second-order valence-electron chi connectivity index (χ2n) is 3.87. The molecule has 2 rings (SSSR count). The molecule has 0 aliphatic heterocycles. The highest BCUT2D eigenvalue weighted by Crippen LogP contribution is 2.21. The van der Waals surface area contributed by atoms with Gasteiger partial charge >= 0.3 is 0 Å². The highest BCUT2D eigenvalue weighted by molar-refractivity contribution is 6.31. The Balaban J connectivity index is 2.05. The van der Waals surface area contributed by atoms with Gasteiger partial charge in [-0.1, -0.05) is 17.7 Å². The number of hydrogen-bond donors (Lipinski definition) is 1. The Bertz CT molecular complexity index is 637. The Labute approximate surface area is 114 Å². The molecule has 19 heavy (non-hydrogen) atoms. The second-order valence-corrected chi connectivity index (χ2v) is 4.28. The average molecular weight is 280 g/mol. The van der Waals surface area contributed by atoms with E-state index in [4.69, 9.17) is 11.6 Å². The topological polar surface area (TPSA) is 46.9 Å². The third-order valence-electron chi connectivity index (χ3n) is 2.36. The molecule has 0 fully saturated rings. The minimum atomic E-state index is -0.646. The first-order chi connectivity index (χ1) is 9.06. The normalized spacial score (nSPS) is 10.9. The Morgan fingerprint density at radius 1 is 1.53 bits per heavy atom. The van der Waals surface area contributed by atoms with Gasteiger partial charge in [0.15, 0.2) is 5.82 Å². The minimum absolute atomic E-state index is 0.0333. The lowest BCUT2D eigenvalue weighted by molar-refractivity contribution is -0.111. The highest BCUT2D eigenvalue weighted by Gasteiger charge is 2.07. The lowest BCUT2D eigenvalue weighted by atomic mass is 10.3. The molecule has 2 aromatic rings. The molecule has 1 aromatic heterocycles. The first-order valence-electron chi connectivity index (χ1n) is 5.48. The van der Waals surface area contributed by atoms with Gasteiger partial charge in [0.2, 0.25) is 5.91 Å². The summed E-state index contributed by atoms with van der Waals surface area (Å²) in [4.78, 5) is 11.6. The fourth-order valence-corrected chi connectivity index (χ4v) is 1.65. The van der Waals surface area contributed by atoms with Gasteiger partial charge in [-0.05, 0) is 18.2 Å². The van der Waals surface area contributed by atoms with Gasteiger partial charge in [-0.25, -0.2) is 4.39 Å². The maximum Gasteiger partial charge on any atom is 0.248 e. The third-order valence-corrected chi connectivity index (χ3v) is 2.65. The molecule has 0 saturated heterocycles. The van der Waals surface area contributed by atoms with Crippen LogP contribution in [0, 0.1) is 5.82 Å².